The molecule has 0 aromatic heterocycles. The van der Waals surface area contributed by atoms with Crippen molar-refractivity contribution in [1.29, 1.82) is 0 Å². The Balaban J connectivity index is 2.83. The molecule has 1 rings (SSSR count). The molecule has 0 bridgehead atoms. The number of halogens is 1. The van der Waals surface area contributed by atoms with Gasteiger partial charge in [0.1, 0.15) is 5.75 Å². The van der Waals surface area contributed by atoms with E-state index in [1.807, 2.05) is 6.92 Å². The standard InChI is InChI=1S/C11H13ClO3/c1-3-10(11(13)14)15-9-5-7(2)4-8(12)6-9/h4-6,10H,3H2,1-2H3,(H,13,14). The van der Waals surface area contributed by atoms with Crippen molar-refractivity contribution in [3.05, 3.63) is 28.8 Å². The maximum Gasteiger partial charge on any atom is 0.344 e. The van der Waals surface area contributed by atoms with E-state index in [1.165, 1.54) is 0 Å². The first-order valence-electron chi connectivity index (χ1n) is 4.69. The maximum absolute atomic E-state index is 10.7. The molecule has 0 amide bonds. The Labute approximate surface area is 93.6 Å². The molecule has 0 aliphatic heterocycles. The zero-order valence-corrected chi connectivity index (χ0v) is 9.41. The lowest BCUT2D eigenvalue weighted by molar-refractivity contribution is -0.145. The lowest BCUT2D eigenvalue weighted by Crippen LogP contribution is -2.25. The van der Waals surface area contributed by atoms with E-state index in [1.54, 1.807) is 25.1 Å². The van der Waals surface area contributed by atoms with E-state index in [9.17, 15) is 4.79 Å². The third kappa shape index (κ3) is 3.44. The van der Waals surface area contributed by atoms with Gasteiger partial charge in [-0.15, -0.1) is 0 Å². The van der Waals surface area contributed by atoms with Crippen molar-refractivity contribution in [2.75, 3.05) is 0 Å². The van der Waals surface area contributed by atoms with Gasteiger partial charge in [-0.25, -0.2) is 4.79 Å². The first-order valence-corrected chi connectivity index (χ1v) is 5.07. The molecular weight excluding hydrogens is 216 g/mol. The van der Waals surface area contributed by atoms with Gasteiger partial charge < -0.3 is 9.84 Å². The molecule has 0 aliphatic rings. The van der Waals surface area contributed by atoms with Gasteiger partial charge >= 0.3 is 5.97 Å². The highest BCUT2D eigenvalue weighted by Crippen LogP contribution is 2.22. The van der Waals surface area contributed by atoms with Crippen molar-refractivity contribution in [3.63, 3.8) is 0 Å². The SMILES string of the molecule is CCC(Oc1cc(C)cc(Cl)c1)C(=O)O. The summed E-state index contributed by atoms with van der Waals surface area (Å²) >= 11 is 5.83. The van der Waals surface area contributed by atoms with Gasteiger partial charge in [-0.3, -0.25) is 0 Å². The highest BCUT2D eigenvalue weighted by molar-refractivity contribution is 6.30. The van der Waals surface area contributed by atoms with Crippen molar-refractivity contribution in [2.45, 2.75) is 26.4 Å². The molecule has 4 heteroatoms. The minimum absolute atomic E-state index is 0.418. The van der Waals surface area contributed by atoms with Gasteiger partial charge in [-0.2, -0.15) is 0 Å². The van der Waals surface area contributed by atoms with Crippen LogP contribution in [0.4, 0.5) is 0 Å². The van der Waals surface area contributed by atoms with E-state index in [2.05, 4.69) is 0 Å². The van der Waals surface area contributed by atoms with Crippen LogP contribution in [0.25, 0.3) is 0 Å². The summed E-state index contributed by atoms with van der Waals surface area (Å²) in [6, 6.07) is 5.16. The van der Waals surface area contributed by atoms with Gasteiger partial charge in [0.25, 0.3) is 0 Å². The molecule has 15 heavy (non-hydrogen) atoms. The average Bonchev–Trinajstić information content (AvgIpc) is 2.12. The number of carbonyl (C=O) groups is 1. The largest absolute Gasteiger partial charge is 0.479 e. The van der Waals surface area contributed by atoms with Crippen molar-refractivity contribution in [2.24, 2.45) is 0 Å². The summed E-state index contributed by atoms with van der Waals surface area (Å²) in [6.45, 7) is 3.64. The Morgan fingerprint density at radius 1 is 1.53 bits per heavy atom. The second-order valence-corrected chi connectivity index (χ2v) is 3.75. The number of carboxylic acid groups (broad SMARTS) is 1. The van der Waals surface area contributed by atoms with Crippen LogP contribution in [0, 0.1) is 6.92 Å². The van der Waals surface area contributed by atoms with Crippen LogP contribution in [-0.2, 0) is 4.79 Å². The van der Waals surface area contributed by atoms with Crippen LogP contribution in [0.5, 0.6) is 5.75 Å². The van der Waals surface area contributed by atoms with Gasteiger partial charge in [-0.05, 0) is 37.1 Å². The van der Waals surface area contributed by atoms with Crippen LogP contribution in [0.15, 0.2) is 18.2 Å². The van der Waals surface area contributed by atoms with Crippen molar-refractivity contribution in [3.8, 4) is 5.75 Å². The lowest BCUT2D eigenvalue weighted by Gasteiger charge is -2.13. The summed E-state index contributed by atoms with van der Waals surface area (Å²) in [5, 5.41) is 9.36. The van der Waals surface area contributed by atoms with Gasteiger partial charge in [0.15, 0.2) is 6.10 Å². The number of aliphatic carboxylic acids is 1. The van der Waals surface area contributed by atoms with E-state index in [0.29, 0.717) is 17.2 Å². The summed E-state index contributed by atoms with van der Waals surface area (Å²) in [4.78, 5) is 10.7. The third-order valence-electron chi connectivity index (χ3n) is 1.94. The van der Waals surface area contributed by atoms with Gasteiger partial charge in [-0.1, -0.05) is 18.5 Å². The fourth-order valence-corrected chi connectivity index (χ4v) is 1.52. The van der Waals surface area contributed by atoms with E-state index >= 15 is 0 Å². The molecule has 0 radical (unpaired) electrons. The Hall–Kier alpha value is -1.22. The Morgan fingerprint density at radius 3 is 2.67 bits per heavy atom. The number of hydrogen-bond donors (Lipinski definition) is 1. The molecule has 1 aromatic carbocycles. The molecule has 1 N–H and O–H groups in total. The number of hydrogen-bond acceptors (Lipinski definition) is 2. The molecule has 1 aromatic rings. The number of aryl methyl sites for hydroxylation is 1. The average molecular weight is 229 g/mol. The number of ether oxygens (including phenoxy) is 1. The summed E-state index contributed by atoms with van der Waals surface area (Å²) in [7, 11) is 0. The zero-order chi connectivity index (χ0) is 11.4. The van der Waals surface area contributed by atoms with E-state index in [-0.39, 0.29) is 0 Å². The number of benzene rings is 1. The van der Waals surface area contributed by atoms with Gasteiger partial charge in [0.2, 0.25) is 0 Å². The molecule has 0 heterocycles. The van der Waals surface area contributed by atoms with Crippen LogP contribution in [0.3, 0.4) is 0 Å². The zero-order valence-electron chi connectivity index (χ0n) is 8.66. The highest BCUT2D eigenvalue weighted by Gasteiger charge is 2.16. The molecule has 82 valence electrons. The highest BCUT2D eigenvalue weighted by atomic mass is 35.5. The minimum atomic E-state index is -0.963. The lowest BCUT2D eigenvalue weighted by atomic mass is 10.2. The number of carboxylic acids is 1. The predicted octanol–water partition coefficient (Wildman–Crippen LogP) is 2.89. The summed E-state index contributed by atoms with van der Waals surface area (Å²) in [5.41, 5.74) is 0.942. The summed E-state index contributed by atoms with van der Waals surface area (Å²) < 4.78 is 5.30. The topological polar surface area (TPSA) is 46.5 Å². The van der Waals surface area contributed by atoms with E-state index in [4.69, 9.17) is 21.4 Å². The summed E-state index contributed by atoms with van der Waals surface area (Å²) in [5.74, 6) is -0.468. The Bertz CT molecular complexity index is 343. The molecule has 1 unspecified atom stereocenters. The molecule has 0 fully saturated rings. The fraction of sp³-hybridized carbons (Fsp3) is 0.364. The van der Waals surface area contributed by atoms with Crippen molar-refractivity contribution < 1.29 is 14.6 Å². The maximum atomic E-state index is 10.7. The predicted molar refractivity (Wildman–Crippen MR) is 58.5 cm³/mol. The van der Waals surface area contributed by atoms with Gasteiger partial charge in [0.05, 0.1) is 0 Å². The molecule has 3 nitrogen and oxygen atoms in total. The van der Waals surface area contributed by atoms with E-state index in [0.717, 1.165) is 5.56 Å². The van der Waals surface area contributed by atoms with Gasteiger partial charge in [0, 0.05) is 5.02 Å². The van der Waals surface area contributed by atoms with Crippen LogP contribution < -0.4 is 4.74 Å². The van der Waals surface area contributed by atoms with E-state index < -0.39 is 12.1 Å². The second-order valence-electron chi connectivity index (χ2n) is 3.32. The first kappa shape index (κ1) is 11.9. The molecule has 0 spiro atoms. The van der Waals surface area contributed by atoms with Crippen LogP contribution in [0.2, 0.25) is 5.02 Å². The molecule has 1 atom stereocenters. The molecule has 0 saturated heterocycles. The third-order valence-corrected chi connectivity index (χ3v) is 2.16. The smallest absolute Gasteiger partial charge is 0.344 e. The van der Waals surface area contributed by atoms with Crippen LogP contribution in [0.1, 0.15) is 18.9 Å². The first-order chi connectivity index (χ1) is 7.02. The fourth-order valence-electron chi connectivity index (χ4n) is 1.24. The number of rotatable bonds is 4. The summed E-state index contributed by atoms with van der Waals surface area (Å²) in [6.07, 6.45) is -0.399. The monoisotopic (exact) mass is 228 g/mol. The molecular formula is C11H13ClO3. The quantitative estimate of drug-likeness (QED) is 0.862. The van der Waals surface area contributed by atoms with Crippen molar-refractivity contribution in [1.82, 2.24) is 0 Å². The molecule has 0 aliphatic carbocycles. The Kier molecular flexibility index (Phi) is 3.97. The normalized spacial score (nSPS) is 12.2. The minimum Gasteiger partial charge on any atom is -0.479 e. The van der Waals surface area contributed by atoms with Crippen LogP contribution in [-0.4, -0.2) is 17.2 Å². The van der Waals surface area contributed by atoms with Crippen molar-refractivity contribution >= 4 is 17.6 Å². The second kappa shape index (κ2) is 5.03. The molecule has 0 saturated carbocycles. The Morgan fingerprint density at radius 2 is 2.20 bits per heavy atom. The van der Waals surface area contributed by atoms with Crippen LogP contribution >= 0.6 is 11.6 Å².